The predicted molar refractivity (Wildman–Crippen MR) is 226 cm³/mol. The quantitative estimate of drug-likeness (QED) is 0.0668. The second-order valence-electron chi connectivity index (χ2n) is 15.8. The molecular formula is C46H80N2O10. The first-order valence-corrected chi connectivity index (χ1v) is 23.0. The van der Waals surface area contributed by atoms with Crippen LogP contribution in [0, 0.1) is 0 Å². The first-order chi connectivity index (χ1) is 28.4. The molecular weight excluding hydrogens is 741 g/mol. The van der Waals surface area contributed by atoms with Crippen LogP contribution in [0.1, 0.15) is 156 Å². The summed E-state index contributed by atoms with van der Waals surface area (Å²) in [5.41, 5.74) is 0.930. The molecule has 58 heavy (non-hydrogen) atoms. The second kappa shape index (κ2) is 30.8. The molecule has 2 amide bonds. The Labute approximate surface area is 350 Å². The molecule has 3 unspecified atom stereocenters. The summed E-state index contributed by atoms with van der Waals surface area (Å²) in [6, 6.07) is 9.36. The van der Waals surface area contributed by atoms with E-state index in [1.165, 1.54) is 0 Å². The monoisotopic (exact) mass is 821 g/mol. The number of hydrogen-bond donors (Lipinski definition) is 2. The lowest BCUT2D eigenvalue weighted by Gasteiger charge is -2.49. The van der Waals surface area contributed by atoms with Gasteiger partial charge in [0.1, 0.15) is 30.5 Å². The number of benzene rings is 1. The molecule has 2 aliphatic heterocycles. The van der Waals surface area contributed by atoms with Crippen molar-refractivity contribution in [3.63, 3.8) is 0 Å². The largest absolute Gasteiger partial charge is 0.375 e. The van der Waals surface area contributed by atoms with Crippen molar-refractivity contribution in [1.82, 2.24) is 10.6 Å². The van der Waals surface area contributed by atoms with Crippen LogP contribution in [0.25, 0.3) is 0 Å². The molecule has 0 spiro atoms. The Morgan fingerprint density at radius 3 is 1.98 bits per heavy atom. The van der Waals surface area contributed by atoms with Crippen LogP contribution in [-0.4, -0.2) is 107 Å². The van der Waals surface area contributed by atoms with Crippen molar-refractivity contribution < 1.29 is 47.5 Å². The van der Waals surface area contributed by atoms with Crippen molar-refractivity contribution >= 4 is 11.8 Å². The molecule has 334 valence electrons. The lowest BCUT2D eigenvalue weighted by atomic mass is 9.96. The SMILES string of the molecule is CCCCCCCC(=O)N[C@@H](CO[C@H]1OC2COC(c3ccccc3)O[C@@H]2[C@H](OCCCC)C1OCCCC)[C@H](OCCCC)[C@@H](CCCC(=O)NC)OCCCC. The average Bonchev–Trinajstić information content (AvgIpc) is 3.24. The number of fused-ring (bicyclic) bond motifs is 1. The van der Waals surface area contributed by atoms with E-state index in [2.05, 4.69) is 45.3 Å². The fourth-order valence-corrected chi connectivity index (χ4v) is 7.30. The maximum atomic E-state index is 13.7. The number of ether oxygens (including phenoxy) is 8. The Kier molecular flexibility index (Phi) is 26.7. The van der Waals surface area contributed by atoms with E-state index in [4.69, 9.17) is 37.9 Å². The third-order valence-corrected chi connectivity index (χ3v) is 10.8. The number of amides is 2. The summed E-state index contributed by atoms with van der Waals surface area (Å²) in [6.45, 7) is 13.2. The molecule has 12 nitrogen and oxygen atoms in total. The topological polar surface area (TPSA) is 132 Å². The Hall–Kier alpha value is -2.16. The van der Waals surface area contributed by atoms with Gasteiger partial charge in [-0.3, -0.25) is 9.59 Å². The van der Waals surface area contributed by atoms with E-state index in [1.54, 1.807) is 7.05 Å². The zero-order valence-corrected chi connectivity index (χ0v) is 36.9. The Bertz CT molecular complexity index is 1190. The van der Waals surface area contributed by atoms with Gasteiger partial charge in [0.2, 0.25) is 11.8 Å². The highest BCUT2D eigenvalue weighted by Gasteiger charge is 2.52. The van der Waals surface area contributed by atoms with E-state index < -0.39 is 49.1 Å². The average molecular weight is 821 g/mol. The minimum atomic E-state index is -0.831. The number of carbonyl (C=O) groups is 2. The molecule has 1 aromatic rings. The molecule has 2 heterocycles. The molecule has 0 aliphatic carbocycles. The molecule has 9 atom stereocenters. The summed E-state index contributed by atoms with van der Waals surface area (Å²) in [7, 11) is 1.65. The molecule has 2 fully saturated rings. The van der Waals surface area contributed by atoms with Gasteiger partial charge in [0.15, 0.2) is 12.6 Å². The highest BCUT2D eigenvalue weighted by atomic mass is 16.8. The summed E-state index contributed by atoms with van der Waals surface area (Å²) in [6.07, 6.45) is 10.3. The molecule has 1 aromatic carbocycles. The minimum absolute atomic E-state index is 0.0182. The highest BCUT2D eigenvalue weighted by molar-refractivity contribution is 5.76. The first kappa shape index (κ1) is 50.2. The van der Waals surface area contributed by atoms with Crippen molar-refractivity contribution in [1.29, 1.82) is 0 Å². The maximum absolute atomic E-state index is 13.7. The molecule has 3 rings (SSSR count). The molecule has 2 aliphatic rings. The number of carbonyl (C=O) groups excluding carboxylic acids is 2. The van der Waals surface area contributed by atoms with E-state index in [1.807, 2.05) is 30.3 Å². The van der Waals surface area contributed by atoms with Crippen LogP contribution in [0.5, 0.6) is 0 Å². The normalized spacial score (nSPS) is 23.5. The molecule has 2 saturated heterocycles. The third kappa shape index (κ3) is 18.2. The van der Waals surface area contributed by atoms with Gasteiger partial charge in [0.25, 0.3) is 0 Å². The Morgan fingerprint density at radius 1 is 0.690 bits per heavy atom. The maximum Gasteiger partial charge on any atom is 0.220 e. The summed E-state index contributed by atoms with van der Waals surface area (Å²) < 4.78 is 53.0. The molecule has 12 heteroatoms. The van der Waals surface area contributed by atoms with E-state index in [0.717, 1.165) is 89.0 Å². The smallest absolute Gasteiger partial charge is 0.220 e. The van der Waals surface area contributed by atoms with Gasteiger partial charge in [0.05, 0.1) is 25.4 Å². The standard InChI is InChI=1S/C46H80N2O10/c1-7-12-17-18-22-27-40(50)48-36(41(52-30-14-9-3)37(51-29-13-8-2)26-23-28-39(49)47-6)33-55-46-44(54-32-16-11-5)43(53-31-15-10-4)42-38(57-46)34-56-45(58-42)35-24-20-19-21-25-35/h19-21,24-25,36-38,41-46H,7-18,22-23,26-34H2,1-6H3,(H,47,49)(H,48,50)/t36-,37+,38?,41-,42-,43-,44?,45?,46-/m0/s1. The fourth-order valence-electron chi connectivity index (χ4n) is 7.30. The van der Waals surface area contributed by atoms with Crippen molar-refractivity contribution in [2.24, 2.45) is 0 Å². The van der Waals surface area contributed by atoms with Crippen molar-refractivity contribution in [3.05, 3.63) is 35.9 Å². The van der Waals surface area contributed by atoms with Crippen LogP contribution >= 0.6 is 0 Å². The van der Waals surface area contributed by atoms with Gasteiger partial charge < -0.3 is 48.5 Å². The highest BCUT2D eigenvalue weighted by Crippen LogP contribution is 2.37. The summed E-state index contributed by atoms with van der Waals surface area (Å²) >= 11 is 0. The van der Waals surface area contributed by atoms with E-state index >= 15 is 0 Å². The summed E-state index contributed by atoms with van der Waals surface area (Å²) in [4.78, 5) is 26.0. The molecule has 0 bridgehead atoms. The Balaban J connectivity index is 1.95. The molecule has 2 N–H and O–H groups in total. The van der Waals surface area contributed by atoms with Crippen LogP contribution in [0.2, 0.25) is 0 Å². The fraction of sp³-hybridized carbons (Fsp3) is 0.826. The zero-order chi connectivity index (χ0) is 41.8. The van der Waals surface area contributed by atoms with Gasteiger partial charge in [-0.25, -0.2) is 0 Å². The van der Waals surface area contributed by atoms with Crippen molar-refractivity contribution in [3.8, 4) is 0 Å². The second-order valence-corrected chi connectivity index (χ2v) is 15.8. The number of rotatable bonds is 33. The first-order valence-electron chi connectivity index (χ1n) is 23.0. The van der Waals surface area contributed by atoms with Gasteiger partial charge in [-0.2, -0.15) is 0 Å². The zero-order valence-electron chi connectivity index (χ0n) is 36.9. The van der Waals surface area contributed by atoms with Crippen LogP contribution in [0.4, 0.5) is 0 Å². The van der Waals surface area contributed by atoms with Gasteiger partial charge >= 0.3 is 0 Å². The lowest BCUT2D eigenvalue weighted by molar-refractivity contribution is -0.371. The van der Waals surface area contributed by atoms with Gasteiger partial charge in [-0.15, -0.1) is 0 Å². The van der Waals surface area contributed by atoms with Crippen LogP contribution in [0.15, 0.2) is 30.3 Å². The van der Waals surface area contributed by atoms with Crippen molar-refractivity contribution in [2.45, 2.75) is 199 Å². The predicted octanol–water partition coefficient (Wildman–Crippen LogP) is 8.34. The number of unbranched alkanes of at least 4 members (excludes halogenated alkanes) is 8. The van der Waals surface area contributed by atoms with Gasteiger partial charge in [0, 0.05) is 51.9 Å². The Morgan fingerprint density at radius 2 is 1.31 bits per heavy atom. The summed E-state index contributed by atoms with van der Waals surface area (Å²) in [5.74, 6) is -0.0654. The minimum Gasteiger partial charge on any atom is -0.375 e. The lowest BCUT2D eigenvalue weighted by Crippen LogP contribution is -2.64. The molecule has 0 aromatic heterocycles. The van der Waals surface area contributed by atoms with E-state index in [0.29, 0.717) is 58.7 Å². The van der Waals surface area contributed by atoms with Crippen LogP contribution < -0.4 is 10.6 Å². The van der Waals surface area contributed by atoms with Crippen molar-refractivity contribution in [2.75, 3.05) is 46.7 Å². The van der Waals surface area contributed by atoms with Crippen LogP contribution in [-0.2, 0) is 47.5 Å². The number of hydrogen-bond acceptors (Lipinski definition) is 10. The molecule has 0 saturated carbocycles. The van der Waals surface area contributed by atoms with Gasteiger partial charge in [-0.05, 0) is 44.9 Å². The van der Waals surface area contributed by atoms with E-state index in [9.17, 15) is 9.59 Å². The van der Waals surface area contributed by atoms with Gasteiger partial charge in [-0.1, -0.05) is 116 Å². The van der Waals surface area contributed by atoms with E-state index in [-0.39, 0.29) is 24.5 Å². The summed E-state index contributed by atoms with van der Waals surface area (Å²) in [5, 5.41) is 6.06. The van der Waals surface area contributed by atoms with Crippen LogP contribution in [0.3, 0.4) is 0 Å². The number of nitrogens with one attached hydrogen (secondary N) is 2. The third-order valence-electron chi connectivity index (χ3n) is 10.8. The molecule has 0 radical (unpaired) electrons.